The number of aromatic nitrogens is 2. The van der Waals surface area contributed by atoms with Crippen molar-refractivity contribution in [2.24, 2.45) is 13.0 Å². The molecule has 0 radical (unpaired) electrons. The Balaban J connectivity index is 2.19. The molecule has 1 aliphatic rings. The van der Waals surface area contributed by atoms with Gasteiger partial charge in [0.15, 0.2) is 5.69 Å². The summed E-state index contributed by atoms with van der Waals surface area (Å²) in [7, 11) is 1.65. The minimum atomic E-state index is -0.858. The Labute approximate surface area is 115 Å². The number of carboxylic acid groups (broad SMARTS) is 1. The Morgan fingerprint density at radius 1 is 1.47 bits per heavy atom. The fourth-order valence-corrected chi connectivity index (χ4v) is 2.43. The lowest BCUT2D eigenvalue weighted by Crippen LogP contribution is -2.47. The van der Waals surface area contributed by atoms with Gasteiger partial charge in [0.1, 0.15) is 5.15 Å². The number of rotatable bonds is 2. The van der Waals surface area contributed by atoms with Crippen LogP contribution in [0, 0.1) is 5.92 Å². The highest BCUT2D eigenvalue weighted by Gasteiger charge is 2.33. The fourth-order valence-electron chi connectivity index (χ4n) is 2.29. The predicted molar refractivity (Wildman–Crippen MR) is 69.1 cm³/mol. The minimum absolute atomic E-state index is 0.0175. The second-order valence-corrected chi connectivity index (χ2v) is 5.28. The van der Waals surface area contributed by atoms with Crippen LogP contribution in [0.5, 0.6) is 0 Å². The van der Waals surface area contributed by atoms with E-state index in [-0.39, 0.29) is 24.2 Å². The summed E-state index contributed by atoms with van der Waals surface area (Å²) in [6.07, 6.45) is 1.28. The van der Waals surface area contributed by atoms with Gasteiger partial charge < -0.3 is 10.0 Å². The van der Waals surface area contributed by atoms with Crippen LogP contribution in [0.3, 0.4) is 0 Å². The molecule has 1 N–H and O–H groups in total. The number of nitrogens with zero attached hydrogens (tertiary/aromatic N) is 3. The van der Waals surface area contributed by atoms with E-state index < -0.39 is 11.9 Å². The maximum Gasteiger partial charge on any atom is 0.308 e. The maximum absolute atomic E-state index is 12.3. The SMILES string of the molecule is CC1CCC(C(=O)O)CN1C(=O)c1cc(Cl)n(C)n1. The number of amides is 1. The van der Waals surface area contributed by atoms with Gasteiger partial charge in [-0.05, 0) is 19.8 Å². The normalized spacial score (nSPS) is 23.4. The van der Waals surface area contributed by atoms with Crippen LogP contribution in [0.2, 0.25) is 5.15 Å². The van der Waals surface area contributed by atoms with E-state index in [1.54, 1.807) is 11.9 Å². The molecule has 1 fully saturated rings. The second-order valence-electron chi connectivity index (χ2n) is 4.89. The lowest BCUT2D eigenvalue weighted by atomic mass is 9.93. The Morgan fingerprint density at radius 2 is 2.16 bits per heavy atom. The summed E-state index contributed by atoms with van der Waals surface area (Å²) in [5.41, 5.74) is 0.255. The molecule has 0 aliphatic carbocycles. The minimum Gasteiger partial charge on any atom is -0.481 e. The van der Waals surface area contributed by atoms with Crippen molar-refractivity contribution < 1.29 is 14.7 Å². The summed E-state index contributed by atoms with van der Waals surface area (Å²) in [5.74, 6) is -1.62. The lowest BCUT2D eigenvalue weighted by Gasteiger charge is -2.36. The number of piperidine rings is 1. The van der Waals surface area contributed by atoms with E-state index in [1.165, 1.54) is 10.7 Å². The van der Waals surface area contributed by atoms with E-state index in [1.807, 2.05) is 6.92 Å². The maximum atomic E-state index is 12.3. The van der Waals surface area contributed by atoms with Crippen molar-refractivity contribution in [2.75, 3.05) is 6.54 Å². The van der Waals surface area contributed by atoms with Crippen LogP contribution in [-0.2, 0) is 11.8 Å². The van der Waals surface area contributed by atoms with E-state index in [9.17, 15) is 9.59 Å². The molecule has 2 heterocycles. The standard InChI is InChI=1S/C12H16ClN3O3/c1-7-3-4-8(12(18)19)6-16(7)11(17)9-5-10(13)15(2)14-9/h5,7-8H,3-4,6H2,1-2H3,(H,18,19). The van der Waals surface area contributed by atoms with E-state index in [4.69, 9.17) is 16.7 Å². The Kier molecular flexibility index (Phi) is 3.80. The number of aryl methyl sites for hydroxylation is 1. The summed E-state index contributed by atoms with van der Waals surface area (Å²) in [6, 6.07) is 1.52. The van der Waals surface area contributed by atoms with Crippen molar-refractivity contribution in [1.82, 2.24) is 14.7 Å². The van der Waals surface area contributed by atoms with Crippen LogP contribution in [0.15, 0.2) is 6.07 Å². The van der Waals surface area contributed by atoms with Gasteiger partial charge in [-0.2, -0.15) is 5.10 Å². The molecule has 0 spiro atoms. The molecule has 0 saturated carbocycles. The highest BCUT2D eigenvalue weighted by molar-refractivity contribution is 6.29. The molecule has 0 bridgehead atoms. The van der Waals surface area contributed by atoms with Crippen molar-refractivity contribution in [2.45, 2.75) is 25.8 Å². The molecule has 7 heteroatoms. The number of likely N-dealkylation sites (tertiary alicyclic amines) is 1. The summed E-state index contributed by atoms with van der Waals surface area (Å²) in [6.45, 7) is 2.14. The first-order chi connectivity index (χ1) is 8.90. The van der Waals surface area contributed by atoms with Gasteiger partial charge in [-0.1, -0.05) is 11.6 Å². The molecule has 1 aromatic rings. The molecule has 2 atom stereocenters. The third-order valence-corrected chi connectivity index (χ3v) is 3.89. The molecule has 104 valence electrons. The molecule has 1 saturated heterocycles. The van der Waals surface area contributed by atoms with Crippen molar-refractivity contribution >= 4 is 23.5 Å². The van der Waals surface area contributed by atoms with Gasteiger partial charge in [-0.15, -0.1) is 0 Å². The Hall–Kier alpha value is -1.56. The summed E-state index contributed by atoms with van der Waals surface area (Å²) in [5, 5.41) is 13.5. The zero-order chi connectivity index (χ0) is 14.2. The van der Waals surface area contributed by atoms with Gasteiger partial charge in [-0.3, -0.25) is 14.3 Å². The topological polar surface area (TPSA) is 75.4 Å². The molecule has 2 unspecified atom stereocenters. The summed E-state index contributed by atoms with van der Waals surface area (Å²) >= 11 is 5.86. The van der Waals surface area contributed by atoms with E-state index in [0.29, 0.717) is 18.0 Å². The van der Waals surface area contributed by atoms with Crippen molar-refractivity contribution in [3.8, 4) is 0 Å². The summed E-state index contributed by atoms with van der Waals surface area (Å²) < 4.78 is 1.41. The molecule has 1 aliphatic heterocycles. The number of carboxylic acids is 1. The van der Waals surface area contributed by atoms with Crippen LogP contribution in [0.1, 0.15) is 30.3 Å². The smallest absolute Gasteiger partial charge is 0.308 e. The third kappa shape index (κ3) is 2.73. The zero-order valence-electron chi connectivity index (χ0n) is 10.8. The first kappa shape index (κ1) is 13.9. The molecule has 0 aromatic carbocycles. The van der Waals surface area contributed by atoms with Crippen molar-refractivity contribution in [3.63, 3.8) is 0 Å². The van der Waals surface area contributed by atoms with Crippen molar-refractivity contribution in [3.05, 3.63) is 16.9 Å². The quantitative estimate of drug-likeness (QED) is 0.891. The van der Waals surface area contributed by atoms with Crippen molar-refractivity contribution in [1.29, 1.82) is 0 Å². The van der Waals surface area contributed by atoms with E-state index in [2.05, 4.69) is 5.10 Å². The molecule has 1 aromatic heterocycles. The highest BCUT2D eigenvalue weighted by Crippen LogP contribution is 2.24. The third-order valence-electron chi connectivity index (χ3n) is 3.53. The second kappa shape index (κ2) is 5.21. The number of hydrogen-bond donors (Lipinski definition) is 1. The molecule has 6 nitrogen and oxygen atoms in total. The first-order valence-electron chi connectivity index (χ1n) is 6.13. The monoisotopic (exact) mass is 285 g/mol. The number of halogens is 1. The van der Waals surface area contributed by atoms with Gasteiger partial charge in [-0.25, -0.2) is 0 Å². The lowest BCUT2D eigenvalue weighted by molar-refractivity contribution is -0.143. The number of hydrogen-bond acceptors (Lipinski definition) is 3. The van der Waals surface area contributed by atoms with Crippen LogP contribution < -0.4 is 0 Å². The molecule has 19 heavy (non-hydrogen) atoms. The number of aliphatic carboxylic acids is 1. The highest BCUT2D eigenvalue weighted by atomic mass is 35.5. The van der Waals surface area contributed by atoms with Gasteiger partial charge >= 0.3 is 5.97 Å². The Bertz CT molecular complexity index is 495. The zero-order valence-corrected chi connectivity index (χ0v) is 11.6. The van der Waals surface area contributed by atoms with Crippen LogP contribution in [-0.4, -0.2) is 44.3 Å². The number of carbonyl (C=O) groups is 2. The van der Waals surface area contributed by atoms with Crippen LogP contribution in [0.4, 0.5) is 0 Å². The van der Waals surface area contributed by atoms with E-state index in [0.717, 1.165) is 0 Å². The molecular formula is C12H16ClN3O3. The number of carbonyl (C=O) groups excluding carboxylic acids is 1. The summed E-state index contributed by atoms with van der Waals surface area (Å²) in [4.78, 5) is 25.0. The van der Waals surface area contributed by atoms with Gasteiger partial charge in [0.05, 0.1) is 5.92 Å². The van der Waals surface area contributed by atoms with Gasteiger partial charge in [0, 0.05) is 25.7 Å². The first-order valence-corrected chi connectivity index (χ1v) is 6.51. The van der Waals surface area contributed by atoms with Crippen LogP contribution in [0.25, 0.3) is 0 Å². The predicted octanol–water partition coefficient (Wildman–Crippen LogP) is 1.40. The van der Waals surface area contributed by atoms with Gasteiger partial charge in [0.2, 0.25) is 0 Å². The largest absolute Gasteiger partial charge is 0.481 e. The van der Waals surface area contributed by atoms with E-state index >= 15 is 0 Å². The average Bonchev–Trinajstić information content (AvgIpc) is 2.69. The fraction of sp³-hybridized carbons (Fsp3) is 0.583. The Morgan fingerprint density at radius 3 is 2.68 bits per heavy atom. The molecule has 1 amide bonds. The molecular weight excluding hydrogens is 270 g/mol. The average molecular weight is 286 g/mol. The van der Waals surface area contributed by atoms with Crippen LogP contribution >= 0.6 is 11.6 Å². The molecule has 2 rings (SSSR count). The van der Waals surface area contributed by atoms with Gasteiger partial charge in [0.25, 0.3) is 5.91 Å².